The van der Waals surface area contributed by atoms with Gasteiger partial charge in [0, 0.05) is 22.9 Å². The molecule has 0 aliphatic rings. The second-order valence-corrected chi connectivity index (χ2v) is 4.43. The van der Waals surface area contributed by atoms with E-state index in [9.17, 15) is 4.79 Å². The number of carbonyl (C=O) groups is 1. The van der Waals surface area contributed by atoms with Gasteiger partial charge in [-0.3, -0.25) is 9.48 Å². The van der Waals surface area contributed by atoms with E-state index in [1.54, 1.807) is 16.9 Å². The fourth-order valence-corrected chi connectivity index (χ4v) is 1.65. The molecule has 2 rings (SSSR count). The highest BCUT2D eigenvalue weighted by Crippen LogP contribution is 2.14. The van der Waals surface area contributed by atoms with Gasteiger partial charge in [-0.05, 0) is 37.3 Å². The van der Waals surface area contributed by atoms with Gasteiger partial charge in [0.15, 0.2) is 5.69 Å². The number of carbonyl (C=O) groups excluding carboxylic acids is 1. The molecule has 1 aromatic heterocycles. The zero-order chi connectivity index (χ0) is 12.3. The summed E-state index contributed by atoms with van der Waals surface area (Å²) in [4.78, 5) is 11.8. The van der Waals surface area contributed by atoms with Crippen molar-refractivity contribution in [3.63, 3.8) is 0 Å². The molecule has 1 heterocycles. The lowest BCUT2D eigenvalue weighted by molar-refractivity contribution is 0.102. The van der Waals surface area contributed by atoms with Crippen molar-refractivity contribution in [1.29, 1.82) is 0 Å². The van der Waals surface area contributed by atoms with E-state index in [-0.39, 0.29) is 5.91 Å². The molecule has 0 aliphatic carbocycles. The van der Waals surface area contributed by atoms with Crippen LogP contribution >= 0.6 is 15.9 Å². The van der Waals surface area contributed by atoms with Crippen molar-refractivity contribution in [2.24, 2.45) is 0 Å². The van der Waals surface area contributed by atoms with Crippen LogP contribution in [0.15, 0.2) is 41.0 Å². The van der Waals surface area contributed by atoms with E-state index in [4.69, 9.17) is 0 Å². The molecule has 0 spiro atoms. The van der Waals surface area contributed by atoms with Crippen LogP contribution < -0.4 is 5.32 Å². The van der Waals surface area contributed by atoms with Crippen LogP contribution in [0.4, 0.5) is 5.69 Å². The number of hydrogen-bond donors (Lipinski definition) is 1. The molecule has 17 heavy (non-hydrogen) atoms. The number of benzene rings is 1. The Morgan fingerprint density at radius 3 is 2.65 bits per heavy atom. The van der Waals surface area contributed by atoms with Gasteiger partial charge < -0.3 is 5.32 Å². The molecular formula is C12H12BrN3O. The van der Waals surface area contributed by atoms with Gasteiger partial charge in [-0.25, -0.2) is 0 Å². The van der Waals surface area contributed by atoms with Crippen molar-refractivity contribution >= 4 is 27.5 Å². The second-order valence-electron chi connectivity index (χ2n) is 3.52. The van der Waals surface area contributed by atoms with Gasteiger partial charge >= 0.3 is 0 Å². The summed E-state index contributed by atoms with van der Waals surface area (Å²) < 4.78 is 2.70. The van der Waals surface area contributed by atoms with Gasteiger partial charge in [0.25, 0.3) is 5.91 Å². The largest absolute Gasteiger partial charge is 0.321 e. The molecule has 4 nitrogen and oxygen atoms in total. The predicted molar refractivity (Wildman–Crippen MR) is 70.0 cm³/mol. The van der Waals surface area contributed by atoms with E-state index in [0.717, 1.165) is 16.7 Å². The molecule has 88 valence electrons. The van der Waals surface area contributed by atoms with Crippen LogP contribution in [0.2, 0.25) is 0 Å². The quantitative estimate of drug-likeness (QED) is 0.946. The van der Waals surface area contributed by atoms with Crippen molar-refractivity contribution in [1.82, 2.24) is 9.78 Å². The summed E-state index contributed by atoms with van der Waals surface area (Å²) in [5.41, 5.74) is 1.18. The molecule has 0 unspecified atom stereocenters. The average molecular weight is 294 g/mol. The molecule has 5 heteroatoms. The summed E-state index contributed by atoms with van der Waals surface area (Å²) in [6, 6.07) is 9.12. The molecule has 0 radical (unpaired) electrons. The van der Waals surface area contributed by atoms with Crippen molar-refractivity contribution in [2.45, 2.75) is 13.5 Å². The Hall–Kier alpha value is -1.62. The number of anilines is 1. The van der Waals surface area contributed by atoms with Crippen molar-refractivity contribution in [2.75, 3.05) is 5.32 Å². The number of rotatable bonds is 3. The first-order chi connectivity index (χ1) is 8.19. The minimum atomic E-state index is -0.195. The van der Waals surface area contributed by atoms with Gasteiger partial charge in [0.2, 0.25) is 0 Å². The maximum Gasteiger partial charge on any atom is 0.276 e. The van der Waals surface area contributed by atoms with Crippen LogP contribution in [-0.4, -0.2) is 15.7 Å². The maximum absolute atomic E-state index is 11.8. The van der Waals surface area contributed by atoms with Crippen LogP contribution in [0.5, 0.6) is 0 Å². The summed E-state index contributed by atoms with van der Waals surface area (Å²) in [6.07, 6.45) is 1.79. The topological polar surface area (TPSA) is 46.9 Å². The molecule has 0 atom stereocenters. The molecule has 0 bridgehead atoms. The number of nitrogens with zero attached hydrogens (tertiary/aromatic N) is 2. The first-order valence-electron chi connectivity index (χ1n) is 5.29. The van der Waals surface area contributed by atoms with Crippen molar-refractivity contribution in [3.05, 3.63) is 46.7 Å². The van der Waals surface area contributed by atoms with Gasteiger partial charge in [0.05, 0.1) is 0 Å². The molecular weight excluding hydrogens is 282 g/mol. The minimum Gasteiger partial charge on any atom is -0.321 e. The predicted octanol–water partition coefficient (Wildman–Crippen LogP) is 2.92. The summed E-state index contributed by atoms with van der Waals surface area (Å²) in [5.74, 6) is -0.195. The Labute approximate surface area is 108 Å². The normalized spacial score (nSPS) is 10.2. The van der Waals surface area contributed by atoms with E-state index in [1.807, 2.05) is 31.2 Å². The Morgan fingerprint density at radius 1 is 1.35 bits per heavy atom. The summed E-state index contributed by atoms with van der Waals surface area (Å²) in [6.45, 7) is 2.73. The Kier molecular flexibility index (Phi) is 3.58. The van der Waals surface area contributed by atoms with Crippen LogP contribution in [0.3, 0.4) is 0 Å². The van der Waals surface area contributed by atoms with Gasteiger partial charge in [0.1, 0.15) is 0 Å². The highest BCUT2D eigenvalue weighted by Gasteiger charge is 2.08. The number of aryl methyl sites for hydroxylation is 1. The van der Waals surface area contributed by atoms with Crippen LogP contribution in [0, 0.1) is 0 Å². The Bertz CT molecular complexity index is 519. The maximum atomic E-state index is 11.8. The highest BCUT2D eigenvalue weighted by atomic mass is 79.9. The third-order valence-electron chi connectivity index (χ3n) is 2.30. The van der Waals surface area contributed by atoms with Gasteiger partial charge in [-0.15, -0.1) is 0 Å². The molecule has 1 amide bonds. The summed E-state index contributed by atoms with van der Waals surface area (Å²) in [7, 11) is 0. The number of nitrogens with one attached hydrogen (secondary N) is 1. The molecule has 1 N–H and O–H groups in total. The third kappa shape index (κ3) is 2.94. The summed E-state index contributed by atoms with van der Waals surface area (Å²) in [5, 5.41) is 6.92. The molecule has 0 saturated heterocycles. The van der Waals surface area contributed by atoms with Crippen LogP contribution in [-0.2, 0) is 6.54 Å². The second kappa shape index (κ2) is 5.14. The number of aromatic nitrogens is 2. The van der Waals surface area contributed by atoms with Crippen LogP contribution in [0.25, 0.3) is 0 Å². The lowest BCUT2D eigenvalue weighted by Gasteiger charge is -2.02. The van der Waals surface area contributed by atoms with Crippen molar-refractivity contribution < 1.29 is 4.79 Å². The average Bonchev–Trinajstić information content (AvgIpc) is 2.81. The standard InChI is InChI=1S/C12H12BrN3O/c1-2-16-8-7-11(15-16)12(17)14-10-5-3-9(13)4-6-10/h3-8H,2H2,1H3,(H,14,17). The van der Waals surface area contributed by atoms with Gasteiger partial charge in [-0.1, -0.05) is 15.9 Å². The lowest BCUT2D eigenvalue weighted by Crippen LogP contribution is -2.13. The number of hydrogen-bond acceptors (Lipinski definition) is 2. The Morgan fingerprint density at radius 2 is 2.06 bits per heavy atom. The zero-order valence-corrected chi connectivity index (χ0v) is 10.9. The fraction of sp³-hybridized carbons (Fsp3) is 0.167. The molecule has 0 saturated carbocycles. The SMILES string of the molecule is CCn1ccc(C(=O)Nc2ccc(Br)cc2)n1. The van der Waals surface area contributed by atoms with E-state index in [0.29, 0.717) is 5.69 Å². The summed E-state index contributed by atoms with van der Waals surface area (Å²) >= 11 is 3.34. The Balaban J connectivity index is 2.08. The molecule has 0 fully saturated rings. The fourth-order valence-electron chi connectivity index (χ4n) is 1.39. The monoisotopic (exact) mass is 293 g/mol. The van der Waals surface area contributed by atoms with Crippen molar-refractivity contribution in [3.8, 4) is 0 Å². The lowest BCUT2D eigenvalue weighted by atomic mass is 10.3. The van der Waals surface area contributed by atoms with E-state index < -0.39 is 0 Å². The molecule has 0 aliphatic heterocycles. The first kappa shape index (κ1) is 11.9. The van der Waals surface area contributed by atoms with E-state index in [2.05, 4.69) is 26.3 Å². The smallest absolute Gasteiger partial charge is 0.276 e. The molecule has 2 aromatic rings. The van der Waals surface area contributed by atoms with E-state index >= 15 is 0 Å². The number of halogens is 1. The minimum absolute atomic E-state index is 0.195. The highest BCUT2D eigenvalue weighted by molar-refractivity contribution is 9.10. The molecule has 1 aromatic carbocycles. The zero-order valence-electron chi connectivity index (χ0n) is 9.35. The van der Waals surface area contributed by atoms with Crippen LogP contribution in [0.1, 0.15) is 17.4 Å². The van der Waals surface area contributed by atoms with Gasteiger partial charge in [-0.2, -0.15) is 5.10 Å². The third-order valence-corrected chi connectivity index (χ3v) is 2.83. The van der Waals surface area contributed by atoms with E-state index in [1.165, 1.54) is 0 Å². The first-order valence-corrected chi connectivity index (χ1v) is 6.08. The number of amides is 1.